The number of nitrogens with zero attached hydrogens (tertiary/aromatic N) is 2. The van der Waals surface area contributed by atoms with Gasteiger partial charge >= 0.3 is 6.09 Å². The monoisotopic (exact) mass is 462 g/mol. The number of fused-ring (bicyclic) bond motifs is 3. The average molecular weight is 463 g/mol. The van der Waals surface area contributed by atoms with Crippen LogP contribution in [0.3, 0.4) is 0 Å². The molecule has 2 amide bonds. The number of rotatable bonds is 5. The zero-order chi connectivity index (χ0) is 20.9. The van der Waals surface area contributed by atoms with Crippen molar-refractivity contribution in [1.29, 1.82) is 0 Å². The fourth-order valence-corrected chi connectivity index (χ4v) is 3.72. The molecule has 152 valence electrons. The minimum Gasteiger partial charge on any atom is -0.465 e. The number of aromatic nitrogens is 2. The Kier molecular flexibility index (Phi) is 4.81. The summed E-state index contributed by atoms with van der Waals surface area (Å²) in [4.78, 5) is 40.1. The summed E-state index contributed by atoms with van der Waals surface area (Å²) >= 11 is 3.53. The fraction of sp³-hybridized carbons (Fsp3) is 0.368. The zero-order valence-corrected chi connectivity index (χ0v) is 17.4. The topological polar surface area (TPSA) is 126 Å². The van der Waals surface area contributed by atoms with Gasteiger partial charge < -0.3 is 24.7 Å². The maximum atomic E-state index is 13.1. The highest BCUT2D eigenvalue weighted by molar-refractivity contribution is 9.10. The number of halogens is 1. The van der Waals surface area contributed by atoms with E-state index in [1.54, 1.807) is 4.57 Å². The van der Waals surface area contributed by atoms with Gasteiger partial charge in [0.05, 0.1) is 12.1 Å². The van der Waals surface area contributed by atoms with E-state index in [1.165, 1.54) is 6.92 Å². The first-order valence-electron chi connectivity index (χ1n) is 9.17. The maximum absolute atomic E-state index is 13.1. The molecule has 1 fully saturated rings. The lowest BCUT2D eigenvalue weighted by molar-refractivity contribution is -0.122. The van der Waals surface area contributed by atoms with Crippen molar-refractivity contribution in [3.63, 3.8) is 0 Å². The summed E-state index contributed by atoms with van der Waals surface area (Å²) in [6.45, 7) is 3.32. The van der Waals surface area contributed by atoms with Gasteiger partial charge in [0, 0.05) is 15.9 Å². The van der Waals surface area contributed by atoms with Crippen LogP contribution in [-0.2, 0) is 11.3 Å². The van der Waals surface area contributed by atoms with Crippen LogP contribution in [0.25, 0.3) is 22.0 Å². The lowest BCUT2D eigenvalue weighted by atomic mass is 10.1. The number of hydrogen-bond donors (Lipinski definition) is 3. The van der Waals surface area contributed by atoms with Crippen LogP contribution in [0.1, 0.15) is 37.3 Å². The standard InChI is InChI=1S/C19H19BrN4O5/c1-8-12(20)6-5-11-15(8)24(10-3-4-10)18(26)14-16(11)29-13(23-14)7-21-17(25)9(2)22-19(27)28/h5-6,9-10,22H,3-4,7H2,1-2H3,(H,21,25)(H,27,28)/t9-/m0/s1. The Morgan fingerprint density at radius 1 is 1.41 bits per heavy atom. The molecule has 0 saturated heterocycles. The summed E-state index contributed by atoms with van der Waals surface area (Å²) < 4.78 is 8.53. The highest BCUT2D eigenvalue weighted by Gasteiger charge is 2.30. The maximum Gasteiger partial charge on any atom is 0.405 e. The molecule has 0 bridgehead atoms. The van der Waals surface area contributed by atoms with Crippen LogP contribution in [-0.4, -0.2) is 32.7 Å². The van der Waals surface area contributed by atoms with Gasteiger partial charge in [0.15, 0.2) is 11.1 Å². The Morgan fingerprint density at radius 2 is 2.14 bits per heavy atom. The lowest BCUT2D eigenvalue weighted by Crippen LogP contribution is -2.44. The van der Waals surface area contributed by atoms with Crippen LogP contribution in [0.15, 0.2) is 25.8 Å². The van der Waals surface area contributed by atoms with Gasteiger partial charge in [0.25, 0.3) is 5.56 Å². The molecule has 1 aromatic carbocycles. The van der Waals surface area contributed by atoms with Crippen molar-refractivity contribution in [2.45, 2.75) is 45.3 Å². The van der Waals surface area contributed by atoms with Crippen LogP contribution >= 0.6 is 15.9 Å². The summed E-state index contributed by atoms with van der Waals surface area (Å²) in [7, 11) is 0. The number of amides is 2. The largest absolute Gasteiger partial charge is 0.465 e. The molecule has 3 aromatic rings. The Balaban J connectivity index is 1.74. The summed E-state index contributed by atoms with van der Waals surface area (Å²) in [5, 5.41) is 14.1. The molecule has 4 rings (SSSR count). The van der Waals surface area contributed by atoms with E-state index in [9.17, 15) is 14.4 Å². The molecule has 10 heteroatoms. The van der Waals surface area contributed by atoms with Gasteiger partial charge in [-0.25, -0.2) is 9.78 Å². The minimum absolute atomic E-state index is 0.0565. The minimum atomic E-state index is -1.29. The van der Waals surface area contributed by atoms with Gasteiger partial charge in [-0.3, -0.25) is 9.59 Å². The summed E-state index contributed by atoms with van der Waals surface area (Å²) in [6.07, 6.45) is 0.603. The Hall–Kier alpha value is -2.88. The molecular formula is C19H19BrN4O5. The van der Waals surface area contributed by atoms with Crippen LogP contribution in [0.2, 0.25) is 0 Å². The van der Waals surface area contributed by atoms with E-state index in [0.29, 0.717) is 5.58 Å². The van der Waals surface area contributed by atoms with E-state index in [0.717, 1.165) is 33.8 Å². The summed E-state index contributed by atoms with van der Waals surface area (Å²) in [5.41, 5.74) is 2.18. The van der Waals surface area contributed by atoms with Crippen molar-refractivity contribution < 1.29 is 19.1 Å². The number of aryl methyl sites for hydroxylation is 1. The van der Waals surface area contributed by atoms with Gasteiger partial charge in [-0.15, -0.1) is 0 Å². The van der Waals surface area contributed by atoms with Crippen molar-refractivity contribution in [3.05, 3.63) is 38.4 Å². The molecule has 3 N–H and O–H groups in total. The predicted molar refractivity (Wildman–Crippen MR) is 109 cm³/mol. The molecule has 0 spiro atoms. The van der Waals surface area contributed by atoms with Crippen molar-refractivity contribution in [3.8, 4) is 0 Å². The van der Waals surface area contributed by atoms with Gasteiger partial charge in [0.2, 0.25) is 11.8 Å². The van der Waals surface area contributed by atoms with Crippen LogP contribution in [0.5, 0.6) is 0 Å². The molecule has 2 aromatic heterocycles. The lowest BCUT2D eigenvalue weighted by Gasteiger charge is -2.12. The van der Waals surface area contributed by atoms with E-state index in [1.807, 2.05) is 19.1 Å². The molecule has 0 aliphatic heterocycles. The van der Waals surface area contributed by atoms with Crippen LogP contribution in [0.4, 0.5) is 4.79 Å². The molecule has 1 atom stereocenters. The molecule has 0 radical (unpaired) electrons. The van der Waals surface area contributed by atoms with Gasteiger partial charge in [-0.05, 0) is 44.4 Å². The number of nitrogens with one attached hydrogen (secondary N) is 2. The average Bonchev–Trinajstić information content (AvgIpc) is 3.40. The highest BCUT2D eigenvalue weighted by atomic mass is 79.9. The number of pyridine rings is 1. The molecule has 0 unspecified atom stereocenters. The molecule has 2 heterocycles. The number of hydrogen-bond acceptors (Lipinski definition) is 5. The molecule has 1 aliphatic rings. The van der Waals surface area contributed by atoms with Crippen LogP contribution in [0, 0.1) is 6.92 Å². The quantitative estimate of drug-likeness (QED) is 0.534. The Labute approximate surface area is 173 Å². The third kappa shape index (κ3) is 3.48. The normalized spacial score (nSPS) is 14.9. The second kappa shape index (κ2) is 7.18. The first kappa shape index (κ1) is 19.4. The van der Waals surface area contributed by atoms with E-state index >= 15 is 0 Å². The van der Waals surface area contributed by atoms with E-state index < -0.39 is 18.0 Å². The summed E-state index contributed by atoms with van der Waals surface area (Å²) in [5.74, 6) is -0.335. The first-order valence-corrected chi connectivity index (χ1v) is 9.97. The SMILES string of the molecule is Cc1c(Br)ccc2c3oc(CNC(=O)[C@H](C)NC(=O)O)nc3c(=O)n(C3CC3)c12. The molecular weight excluding hydrogens is 444 g/mol. The smallest absolute Gasteiger partial charge is 0.405 e. The van der Waals surface area contributed by atoms with Gasteiger partial charge in [-0.1, -0.05) is 15.9 Å². The first-order chi connectivity index (χ1) is 13.8. The van der Waals surface area contributed by atoms with E-state index in [-0.39, 0.29) is 29.6 Å². The van der Waals surface area contributed by atoms with Gasteiger partial charge in [-0.2, -0.15) is 0 Å². The fourth-order valence-electron chi connectivity index (χ4n) is 3.40. The Morgan fingerprint density at radius 3 is 2.79 bits per heavy atom. The van der Waals surface area contributed by atoms with Crippen molar-refractivity contribution >= 4 is 49.9 Å². The second-order valence-corrected chi connectivity index (χ2v) is 8.00. The number of carboxylic acid groups (broad SMARTS) is 1. The van der Waals surface area contributed by atoms with Crippen molar-refractivity contribution in [2.24, 2.45) is 0 Å². The molecule has 1 saturated carbocycles. The van der Waals surface area contributed by atoms with Crippen molar-refractivity contribution in [1.82, 2.24) is 20.2 Å². The van der Waals surface area contributed by atoms with E-state index in [4.69, 9.17) is 9.52 Å². The number of carbonyl (C=O) groups excluding carboxylic acids is 1. The Bertz CT molecular complexity index is 1210. The molecule has 29 heavy (non-hydrogen) atoms. The van der Waals surface area contributed by atoms with Crippen molar-refractivity contribution in [2.75, 3.05) is 0 Å². The molecule has 1 aliphatic carbocycles. The number of carbonyl (C=O) groups is 2. The highest BCUT2D eigenvalue weighted by Crippen LogP contribution is 2.39. The third-order valence-corrected chi connectivity index (χ3v) is 5.86. The van der Waals surface area contributed by atoms with E-state index in [2.05, 4.69) is 31.5 Å². The summed E-state index contributed by atoms with van der Waals surface area (Å²) in [6, 6.07) is 3.02. The van der Waals surface area contributed by atoms with Crippen LogP contribution < -0.4 is 16.2 Å². The van der Waals surface area contributed by atoms with Gasteiger partial charge in [0.1, 0.15) is 6.04 Å². The second-order valence-electron chi connectivity index (χ2n) is 7.15. The zero-order valence-electron chi connectivity index (χ0n) is 15.8. The number of oxazole rings is 1. The molecule has 9 nitrogen and oxygen atoms in total. The number of benzene rings is 1. The predicted octanol–water partition coefficient (Wildman–Crippen LogP) is 2.82. The third-order valence-electron chi connectivity index (χ3n) is 5.00.